The first-order chi connectivity index (χ1) is 9.52. The highest BCUT2D eigenvalue weighted by atomic mass is 79.9. The molecule has 5 heteroatoms. The summed E-state index contributed by atoms with van der Waals surface area (Å²) in [6.45, 7) is 2.87. The van der Waals surface area contributed by atoms with Gasteiger partial charge in [0.2, 0.25) is 0 Å². The van der Waals surface area contributed by atoms with E-state index in [2.05, 4.69) is 62.4 Å². The second-order valence-electron chi connectivity index (χ2n) is 4.98. The Kier molecular flexibility index (Phi) is 4.70. The Morgan fingerprint density at radius 2 is 1.90 bits per heavy atom. The Labute approximate surface area is 128 Å². The summed E-state index contributed by atoms with van der Waals surface area (Å²) in [4.78, 5) is 2.09. The van der Waals surface area contributed by atoms with Gasteiger partial charge in [-0.25, -0.2) is 0 Å². The summed E-state index contributed by atoms with van der Waals surface area (Å²) in [5, 5.41) is 7.94. The molecule has 2 aromatic rings. The van der Waals surface area contributed by atoms with Crippen molar-refractivity contribution in [3.63, 3.8) is 0 Å². The van der Waals surface area contributed by atoms with Crippen molar-refractivity contribution in [1.82, 2.24) is 9.78 Å². The number of rotatable bonds is 5. The lowest BCUT2D eigenvalue weighted by atomic mass is 10.2. The number of anilines is 2. The lowest BCUT2D eigenvalue weighted by molar-refractivity contribution is 0.706. The minimum Gasteiger partial charge on any atom is -0.379 e. The van der Waals surface area contributed by atoms with Crippen LogP contribution in [0.3, 0.4) is 0 Å². The third-order valence-electron chi connectivity index (χ3n) is 3.35. The maximum Gasteiger partial charge on any atom is 0.0767 e. The third-order valence-corrected chi connectivity index (χ3v) is 4.26. The molecule has 2 rings (SSSR count). The standard InChI is InChI=1S/C15H21BrN4/c1-5-13-15(16)14(20(4)18-13)10-17-11-6-8-12(9-7-11)19(2)3/h6-9,17H,5,10H2,1-4H3. The van der Waals surface area contributed by atoms with E-state index in [0.29, 0.717) is 0 Å². The maximum atomic E-state index is 4.50. The summed E-state index contributed by atoms with van der Waals surface area (Å²) in [6, 6.07) is 8.41. The van der Waals surface area contributed by atoms with Gasteiger partial charge < -0.3 is 10.2 Å². The molecular weight excluding hydrogens is 316 g/mol. The average Bonchev–Trinajstić information content (AvgIpc) is 2.71. The molecule has 1 aromatic carbocycles. The van der Waals surface area contributed by atoms with Crippen molar-refractivity contribution >= 4 is 27.3 Å². The van der Waals surface area contributed by atoms with E-state index < -0.39 is 0 Å². The molecule has 1 aromatic heterocycles. The molecule has 0 spiro atoms. The van der Waals surface area contributed by atoms with Crippen LogP contribution in [0.5, 0.6) is 0 Å². The second kappa shape index (κ2) is 6.31. The number of hydrogen-bond acceptors (Lipinski definition) is 3. The number of hydrogen-bond donors (Lipinski definition) is 1. The minimum atomic E-state index is 0.755. The zero-order valence-electron chi connectivity index (χ0n) is 12.4. The number of nitrogens with zero attached hydrogens (tertiary/aromatic N) is 3. The number of aryl methyl sites for hydroxylation is 2. The van der Waals surface area contributed by atoms with Crippen LogP contribution in [-0.4, -0.2) is 23.9 Å². The van der Waals surface area contributed by atoms with Gasteiger partial charge in [-0.1, -0.05) is 6.92 Å². The summed E-state index contributed by atoms with van der Waals surface area (Å²) in [7, 11) is 6.07. The van der Waals surface area contributed by atoms with Gasteiger partial charge in [0.05, 0.1) is 22.4 Å². The number of halogens is 1. The molecule has 0 fully saturated rings. The SMILES string of the molecule is CCc1nn(C)c(CNc2ccc(N(C)C)cc2)c1Br. The number of aromatic nitrogens is 2. The van der Waals surface area contributed by atoms with Crippen molar-refractivity contribution < 1.29 is 0 Å². The summed E-state index contributed by atoms with van der Waals surface area (Å²) in [5.74, 6) is 0. The van der Waals surface area contributed by atoms with Crippen LogP contribution in [0.25, 0.3) is 0 Å². The molecule has 1 heterocycles. The molecule has 0 atom stereocenters. The summed E-state index contributed by atoms with van der Waals surface area (Å²) >= 11 is 3.64. The van der Waals surface area contributed by atoms with Gasteiger partial charge in [-0.15, -0.1) is 0 Å². The van der Waals surface area contributed by atoms with Crippen LogP contribution in [0.2, 0.25) is 0 Å². The quantitative estimate of drug-likeness (QED) is 0.908. The molecule has 0 saturated heterocycles. The molecule has 0 aliphatic heterocycles. The molecule has 0 aliphatic carbocycles. The van der Waals surface area contributed by atoms with Crippen LogP contribution >= 0.6 is 15.9 Å². The fourth-order valence-corrected chi connectivity index (χ4v) is 2.83. The molecule has 4 nitrogen and oxygen atoms in total. The average molecular weight is 337 g/mol. The molecule has 0 bridgehead atoms. The largest absolute Gasteiger partial charge is 0.379 e. The van der Waals surface area contributed by atoms with Crippen molar-refractivity contribution in [2.45, 2.75) is 19.9 Å². The Hall–Kier alpha value is -1.49. The van der Waals surface area contributed by atoms with Crippen LogP contribution in [0.15, 0.2) is 28.7 Å². The van der Waals surface area contributed by atoms with Crippen molar-refractivity contribution in [2.75, 3.05) is 24.3 Å². The fraction of sp³-hybridized carbons (Fsp3) is 0.400. The van der Waals surface area contributed by atoms with E-state index in [1.54, 1.807) is 0 Å². The monoisotopic (exact) mass is 336 g/mol. The van der Waals surface area contributed by atoms with Crippen molar-refractivity contribution in [3.8, 4) is 0 Å². The van der Waals surface area contributed by atoms with Gasteiger partial charge in [-0.3, -0.25) is 4.68 Å². The van der Waals surface area contributed by atoms with E-state index in [1.807, 2.05) is 25.8 Å². The zero-order chi connectivity index (χ0) is 14.7. The van der Waals surface area contributed by atoms with Crippen LogP contribution in [-0.2, 0) is 20.0 Å². The van der Waals surface area contributed by atoms with Gasteiger partial charge in [0.15, 0.2) is 0 Å². The first kappa shape index (κ1) is 14.9. The van der Waals surface area contributed by atoms with E-state index in [1.165, 1.54) is 11.4 Å². The van der Waals surface area contributed by atoms with Gasteiger partial charge in [-0.2, -0.15) is 5.10 Å². The molecule has 108 valence electrons. The highest BCUT2D eigenvalue weighted by Crippen LogP contribution is 2.23. The first-order valence-electron chi connectivity index (χ1n) is 6.74. The van der Waals surface area contributed by atoms with E-state index in [-0.39, 0.29) is 0 Å². The molecule has 0 saturated carbocycles. The zero-order valence-corrected chi connectivity index (χ0v) is 14.0. The summed E-state index contributed by atoms with van der Waals surface area (Å²) < 4.78 is 3.05. The highest BCUT2D eigenvalue weighted by molar-refractivity contribution is 9.10. The topological polar surface area (TPSA) is 33.1 Å². The van der Waals surface area contributed by atoms with Crippen molar-refractivity contribution in [3.05, 3.63) is 40.1 Å². The molecule has 0 amide bonds. The molecule has 20 heavy (non-hydrogen) atoms. The molecule has 0 radical (unpaired) electrons. The van der Waals surface area contributed by atoms with E-state index >= 15 is 0 Å². The van der Waals surface area contributed by atoms with Crippen LogP contribution in [0.4, 0.5) is 11.4 Å². The lowest BCUT2D eigenvalue weighted by Gasteiger charge is -2.13. The third kappa shape index (κ3) is 3.15. The normalized spacial score (nSPS) is 10.7. The smallest absolute Gasteiger partial charge is 0.0767 e. The Bertz CT molecular complexity index is 572. The minimum absolute atomic E-state index is 0.755. The fourth-order valence-electron chi connectivity index (χ4n) is 2.08. The van der Waals surface area contributed by atoms with Gasteiger partial charge in [0, 0.05) is 32.5 Å². The van der Waals surface area contributed by atoms with Crippen LogP contribution in [0.1, 0.15) is 18.3 Å². The van der Waals surface area contributed by atoms with Crippen LogP contribution < -0.4 is 10.2 Å². The van der Waals surface area contributed by atoms with Crippen LogP contribution in [0, 0.1) is 0 Å². The van der Waals surface area contributed by atoms with E-state index in [9.17, 15) is 0 Å². The molecule has 0 aliphatic rings. The number of nitrogens with one attached hydrogen (secondary N) is 1. The van der Waals surface area contributed by atoms with E-state index in [4.69, 9.17) is 0 Å². The highest BCUT2D eigenvalue weighted by Gasteiger charge is 2.11. The van der Waals surface area contributed by atoms with E-state index in [0.717, 1.165) is 28.8 Å². The van der Waals surface area contributed by atoms with Crippen molar-refractivity contribution in [1.29, 1.82) is 0 Å². The van der Waals surface area contributed by atoms with Gasteiger partial charge in [-0.05, 0) is 46.6 Å². The predicted molar refractivity (Wildman–Crippen MR) is 88.4 cm³/mol. The van der Waals surface area contributed by atoms with Crippen molar-refractivity contribution in [2.24, 2.45) is 7.05 Å². The molecule has 0 unspecified atom stereocenters. The Balaban J connectivity index is 2.07. The first-order valence-corrected chi connectivity index (χ1v) is 7.53. The summed E-state index contributed by atoms with van der Waals surface area (Å²) in [5.41, 5.74) is 4.58. The molecular formula is C15H21BrN4. The number of benzene rings is 1. The lowest BCUT2D eigenvalue weighted by Crippen LogP contribution is -2.09. The second-order valence-corrected chi connectivity index (χ2v) is 5.77. The van der Waals surface area contributed by atoms with Gasteiger partial charge >= 0.3 is 0 Å². The maximum absolute atomic E-state index is 4.50. The summed E-state index contributed by atoms with van der Waals surface area (Å²) in [6.07, 6.45) is 0.936. The predicted octanol–water partition coefficient (Wildman–Crippen LogP) is 3.42. The Morgan fingerprint density at radius 1 is 1.25 bits per heavy atom. The van der Waals surface area contributed by atoms with Gasteiger partial charge in [0.1, 0.15) is 0 Å². The van der Waals surface area contributed by atoms with Gasteiger partial charge in [0.25, 0.3) is 0 Å². The Morgan fingerprint density at radius 3 is 2.40 bits per heavy atom. The molecule has 1 N–H and O–H groups in total.